The highest BCUT2D eigenvalue weighted by Crippen LogP contribution is 2.47. The van der Waals surface area contributed by atoms with E-state index in [0.29, 0.717) is 11.0 Å². The van der Waals surface area contributed by atoms with Crippen LogP contribution in [0.4, 0.5) is 8.78 Å². The van der Waals surface area contributed by atoms with Crippen LogP contribution in [0, 0.1) is 11.3 Å². The summed E-state index contributed by atoms with van der Waals surface area (Å²) < 4.78 is 27.9. The Morgan fingerprint density at radius 2 is 1.84 bits per heavy atom. The van der Waals surface area contributed by atoms with Gasteiger partial charge in [0, 0.05) is 6.92 Å². The minimum absolute atomic E-state index is 0.308. The lowest BCUT2D eigenvalue weighted by molar-refractivity contribution is 0.00131. The van der Waals surface area contributed by atoms with Crippen molar-refractivity contribution in [1.82, 2.24) is 15.0 Å². The standard InChI is InChI=1S/C19H16F2N4/c1-18(20,21)12-25-17-10-14(4-7-16(17)23-24-25)13-2-5-15(6-3-13)19(11-22)8-9-19/h2-7,10H,8-9,12H2,1H3. The second-order valence-corrected chi connectivity index (χ2v) is 6.79. The van der Waals surface area contributed by atoms with Crippen molar-refractivity contribution >= 4 is 11.0 Å². The molecule has 4 rings (SSSR count). The molecule has 1 saturated carbocycles. The van der Waals surface area contributed by atoms with Gasteiger partial charge in [0.25, 0.3) is 5.92 Å². The normalized spacial score (nSPS) is 15.9. The molecule has 6 heteroatoms. The first kappa shape index (κ1) is 15.7. The molecule has 0 N–H and O–H groups in total. The van der Waals surface area contributed by atoms with Gasteiger partial charge in [0.05, 0.1) is 17.0 Å². The van der Waals surface area contributed by atoms with Crippen molar-refractivity contribution in [1.29, 1.82) is 5.26 Å². The van der Waals surface area contributed by atoms with Crippen molar-refractivity contribution in [3.8, 4) is 17.2 Å². The van der Waals surface area contributed by atoms with Gasteiger partial charge in [0.15, 0.2) is 0 Å². The average molecular weight is 338 g/mol. The number of fused-ring (bicyclic) bond motifs is 1. The van der Waals surface area contributed by atoms with Crippen LogP contribution in [0.1, 0.15) is 25.3 Å². The third-order valence-corrected chi connectivity index (χ3v) is 4.68. The van der Waals surface area contributed by atoms with Gasteiger partial charge in [-0.3, -0.25) is 0 Å². The van der Waals surface area contributed by atoms with Gasteiger partial charge in [0.2, 0.25) is 0 Å². The van der Waals surface area contributed by atoms with E-state index < -0.39 is 12.5 Å². The Morgan fingerprint density at radius 3 is 2.44 bits per heavy atom. The molecular weight excluding hydrogens is 322 g/mol. The van der Waals surface area contributed by atoms with Crippen LogP contribution in [0.3, 0.4) is 0 Å². The van der Waals surface area contributed by atoms with Crippen LogP contribution in [0.5, 0.6) is 0 Å². The molecule has 1 aliphatic carbocycles. The maximum atomic E-state index is 13.3. The van der Waals surface area contributed by atoms with E-state index in [4.69, 9.17) is 0 Å². The van der Waals surface area contributed by atoms with E-state index in [1.54, 1.807) is 6.07 Å². The molecule has 1 aromatic heterocycles. The first-order valence-corrected chi connectivity index (χ1v) is 8.14. The zero-order valence-corrected chi connectivity index (χ0v) is 13.7. The van der Waals surface area contributed by atoms with Crippen LogP contribution in [0.15, 0.2) is 42.5 Å². The first-order valence-electron chi connectivity index (χ1n) is 8.14. The van der Waals surface area contributed by atoms with Crippen LogP contribution in [-0.2, 0) is 12.0 Å². The van der Waals surface area contributed by atoms with Crippen LogP contribution in [0.2, 0.25) is 0 Å². The molecule has 0 radical (unpaired) electrons. The summed E-state index contributed by atoms with van der Waals surface area (Å²) in [6.45, 7) is 0.364. The molecule has 4 nitrogen and oxygen atoms in total. The Labute approximate surface area is 143 Å². The van der Waals surface area contributed by atoms with Gasteiger partial charge >= 0.3 is 0 Å². The van der Waals surface area contributed by atoms with Gasteiger partial charge in [-0.25, -0.2) is 13.5 Å². The lowest BCUT2D eigenvalue weighted by atomic mass is 9.95. The second-order valence-electron chi connectivity index (χ2n) is 6.79. The fraction of sp³-hybridized carbons (Fsp3) is 0.316. The Kier molecular flexibility index (Phi) is 3.36. The monoisotopic (exact) mass is 338 g/mol. The lowest BCUT2D eigenvalue weighted by Gasteiger charge is -2.11. The zero-order chi connectivity index (χ0) is 17.7. The van der Waals surface area contributed by atoms with E-state index in [9.17, 15) is 14.0 Å². The van der Waals surface area contributed by atoms with Gasteiger partial charge in [-0.1, -0.05) is 35.5 Å². The van der Waals surface area contributed by atoms with Gasteiger partial charge in [-0.05, 0) is 41.7 Å². The third kappa shape index (κ3) is 2.86. The highest BCUT2D eigenvalue weighted by molar-refractivity contribution is 5.81. The number of nitriles is 1. The maximum absolute atomic E-state index is 13.3. The quantitative estimate of drug-likeness (QED) is 0.712. The van der Waals surface area contributed by atoms with Crippen molar-refractivity contribution < 1.29 is 8.78 Å². The fourth-order valence-electron chi connectivity index (χ4n) is 3.10. The van der Waals surface area contributed by atoms with Crippen LogP contribution >= 0.6 is 0 Å². The highest BCUT2D eigenvalue weighted by atomic mass is 19.3. The summed E-state index contributed by atoms with van der Waals surface area (Å²) >= 11 is 0. The predicted octanol–water partition coefficient (Wildman–Crippen LogP) is 4.31. The Balaban J connectivity index is 1.70. The largest absolute Gasteiger partial charge is 0.264 e. The van der Waals surface area contributed by atoms with E-state index in [0.717, 1.165) is 36.5 Å². The minimum Gasteiger partial charge on any atom is -0.239 e. The first-order chi connectivity index (χ1) is 11.9. The number of hydrogen-bond acceptors (Lipinski definition) is 3. The molecule has 0 aliphatic heterocycles. The van der Waals surface area contributed by atoms with Crippen molar-refractivity contribution in [3.05, 3.63) is 48.0 Å². The number of aromatic nitrogens is 3. The van der Waals surface area contributed by atoms with Gasteiger partial charge in [-0.15, -0.1) is 5.10 Å². The van der Waals surface area contributed by atoms with Crippen LogP contribution in [-0.4, -0.2) is 20.9 Å². The summed E-state index contributed by atoms with van der Waals surface area (Å²) in [7, 11) is 0. The number of hydrogen-bond donors (Lipinski definition) is 0. The van der Waals surface area contributed by atoms with E-state index >= 15 is 0 Å². The Bertz CT molecular complexity index is 973. The average Bonchev–Trinajstić information content (AvgIpc) is 3.31. The number of rotatable bonds is 4. The Hall–Kier alpha value is -2.81. The molecule has 0 unspecified atom stereocenters. The molecule has 0 atom stereocenters. The number of halogens is 2. The van der Waals surface area contributed by atoms with E-state index in [-0.39, 0.29) is 5.41 Å². The van der Waals surface area contributed by atoms with Crippen molar-refractivity contribution in [2.24, 2.45) is 0 Å². The summed E-state index contributed by atoms with van der Waals surface area (Å²) in [6, 6.07) is 15.8. The van der Waals surface area contributed by atoms with Crippen molar-refractivity contribution in [2.45, 2.75) is 37.6 Å². The van der Waals surface area contributed by atoms with Gasteiger partial charge in [-0.2, -0.15) is 5.26 Å². The topological polar surface area (TPSA) is 54.5 Å². The van der Waals surface area contributed by atoms with Crippen LogP contribution in [0.25, 0.3) is 22.2 Å². The summed E-state index contributed by atoms with van der Waals surface area (Å²) in [4.78, 5) is 0. The molecule has 3 aromatic rings. The van der Waals surface area contributed by atoms with E-state index in [1.165, 1.54) is 4.68 Å². The number of benzene rings is 2. The summed E-state index contributed by atoms with van der Waals surface area (Å²) in [5, 5.41) is 17.1. The molecule has 2 aromatic carbocycles. The second kappa shape index (κ2) is 5.35. The molecular formula is C19H16F2N4. The molecule has 1 aliphatic rings. The molecule has 1 fully saturated rings. The van der Waals surface area contributed by atoms with E-state index in [2.05, 4.69) is 16.4 Å². The summed E-state index contributed by atoms with van der Waals surface area (Å²) in [6.07, 6.45) is 1.82. The van der Waals surface area contributed by atoms with Crippen molar-refractivity contribution in [3.63, 3.8) is 0 Å². The predicted molar refractivity (Wildman–Crippen MR) is 90.1 cm³/mol. The highest BCUT2D eigenvalue weighted by Gasteiger charge is 2.44. The molecule has 25 heavy (non-hydrogen) atoms. The third-order valence-electron chi connectivity index (χ3n) is 4.68. The van der Waals surface area contributed by atoms with Gasteiger partial charge < -0.3 is 0 Å². The van der Waals surface area contributed by atoms with Crippen molar-refractivity contribution in [2.75, 3.05) is 0 Å². The minimum atomic E-state index is -2.85. The van der Waals surface area contributed by atoms with Gasteiger partial charge in [0.1, 0.15) is 12.1 Å². The van der Waals surface area contributed by atoms with Crippen LogP contribution < -0.4 is 0 Å². The number of nitrogens with zero attached hydrogens (tertiary/aromatic N) is 4. The maximum Gasteiger partial charge on any atom is 0.264 e. The Morgan fingerprint density at radius 1 is 1.16 bits per heavy atom. The summed E-state index contributed by atoms with van der Waals surface area (Å²) in [5.74, 6) is -2.85. The SMILES string of the molecule is CC(F)(F)Cn1nnc2ccc(-c3ccc(C4(C#N)CC4)cc3)cc21. The molecule has 0 spiro atoms. The molecule has 0 amide bonds. The fourth-order valence-corrected chi connectivity index (χ4v) is 3.10. The smallest absolute Gasteiger partial charge is 0.239 e. The van der Waals surface area contributed by atoms with E-state index in [1.807, 2.05) is 36.4 Å². The summed E-state index contributed by atoms with van der Waals surface area (Å²) in [5.41, 5.74) is 3.78. The number of alkyl halides is 2. The molecule has 0 saturated heterocycles. The lowest BCUT2D eigenvalue weighted by Crippen LogP contribution is -2.20. The molecule has 0 bridgehead atoms. The molecule has 1 heterocycles. The molecule has 126 valence electrons. The zero-order valence-electron chi connectivity index (χ0n) is 13.7.